The molecule has 1 nitrogen and oxygen atoms in total. The van der Waals surface area contributed by atoms with Gasteiger partial charge in [0.1, 0.15) is 5.78 Å². The summed E-state index contributed by atoms with van der Waals surface area (Å²) in [6, 6.07) is 0. The Hall–Kier alpha value is -0.590. The molecule has 0 radical (unpaired) electrons. The molecule has 1 heteroatoms. The number of carbonyl (C=O) groups is 1. The van der Waals surface area contributed by atoms with Crippen LogP contribution in [0.25, 0.3) is 0 Å². The molecule has 0 aromatic carbocycles. The molecule has 0 aromatic heterocycles. The Balaban J connectivity index is 3.26. The SMILES string of the molecule is CCC=CCC(=O)CC. The highest BCUT2D eigenvalue weighted by molar-refractivity contribution is 5.79. The number of carbonyl (C=O) groups excluding carboxylic acids is 1. The lowest BCUT2D eigenvalue weighted by Gasteiger charge is -1.86. The van der Waals surface area contributed by atoms with Crippen LogP contribution in [0.5, 0.6) is 0 Å². The second-order valence-electron chi connectivity index (χ2n) is 1.98. The first kappa shape index (κ1) is 8.41. The molecular weight excluding hydrogens is 112 g/mol. The zero-order valence-corrected chi connectivity index (χ0v) is 6.18. The van der Waals surface area contributed by atoms with Crippen molar-refractivity contribution in [1.82, 2.24) is 0 Å². The van der Waals surface area contributed by atoms with Gasteiger partial charge in [-0.2, -0.15) is 0 Å². The van der Waals surface area contributed by atoms with Gasteiger partial charge in [0.15, 0.2) is 0 Å². The van der Waals surface area contributed by atoms with Crippen molar-refractivity contribution in [3.05, 3.63) is 12.2 Å². The Bertz CT molecular complexity index is 103. The monoisotopic (exact) mass is 126 g/mol. The summed E-state index contributed by atoms with van der Waals surface area (Å²) in [5, 5.41) is 0. The summed E-state index contributed by atoms with van der Waals surface area (Å²) >= 11 is 0. The van der Waals surface area contributed by atoms with E-state index in [0.717, 1.165) is 6.42 Å². The zero-order chi connectivity index (χ0) is 7.11. The second kappa shape index (κ2) is 5.54. The van der Waals surface area contributed by atoms with Crippen LogP contribution in [0.2, 0.25) is 0 Å². The Kier molecular flexibility index (Phi) is 5.18. The number of ketones is 1. The molecule has 9 heavy (non-hydrogen) atoms. The fourth-order valence-corrected chi connectivity index (χ4v) is 0.526. The van der Waals surface area contributed by atoms with Crippen LogP contribution in [0, 0.1) is 0 Å². The van der Waals surface area contributed by atoms with Crippen LogP contribution < -0.4 is 0 Å². The highest BCUT2D eigenvalue weighted by Crippen LogP contribution is 1.90. The van der Waals surface area contributed by atoms with Crippen molar-refractivity contribution in [3.63, 3.8) is 0 Å². The van der Waals surface area contributed by atoms with E-state index in [-0.39, 0.29) is 0 Å². The standard InChI is InChI=1S/C8H14O/c1-3-5-6-7-8(9)4-2/h5-6H,3-4,7H2,1-2H3. The first-order valence-electron chi connectivity index (χ1n) is 3.48. The van der Waals surface area contributed by atoms with E-state index in [1.165, 1.54) is 0 Å². The molecule has 0 atom stereocenters. The van der Waals surface area contributed by atoms with Crippen molar-refractivity contribution in [2.75, 3.05) is 0 Å². The Morgan fingerprint density at radius 1 is 1.33 bits per heavy atom. The molecule has 0 fully saturated rings. The Morgan fingerprint density at radius 3 is 2.44 bits per heavy atom. The van der Waals surface area contributed by atoms with E-state index in [9.17, 15) is 4.79 Å². The summed E-state index contributed by atoms with van der Waals surface area (Å²) in [6.45, 7) is 3.95. The van der Waals surface area contributed by atoms with Gasteiger partial charge in [0, 0.05) is 12.8 Å². The first-order valence-corrected chi connectivity index (χ1v) is 3.48. The van der Waals surface area contributed by atoms with Crippen LogP contribution in [0.15, 0.2) is 12.2 Å². The van der Waals surface area contributed by atoms with Crippen LogP contribution in [0.3, 0.4) is 0 Å². The van der Waals surface area contributed by atoms with Gasteiger partial charge in [0.2, 0.25) is 0 Å². The maximum atomic E-state index is 10.6. The largest absolute Gasteiger partial charge is 0.299 e. The minimum absolute atomic E-state index is 0.319. The van der Waals surface area contributed by atoms with Crippen LogP contribution in [0.4, 0.5) is 0 Å². The van der Waals surface area contributed by atoms with E-state index < -0.39 is 0 Å². The molecule has 52 valence electrons. The molecule has 0 heterocycles. The predicted molar refractivity (Wildman–Crippen MR) is 39.3 cm³/mol. The fourth-order valence-electron chi connectivity index (χ4n) is 0.526. The van der Waals surface area contributed by atoms with Crippen molar-refractivity contribution in [3.8, 4) is 0 Å². The smallest absolute Gasteiger partial charge is 0.136 e. The molecular formula is C8H14O. The van der Waals surface area contributed by atoms with Crippen molar-refractivity contribution < 1.29 is 4.79 Å². The zero-order valence-electron chi connectivity index (χ0n) is 6.18. The molecule has 0 N–H and O–H groups in total. The van der Waals surface area contributed by atoms with Gasteiger partial charge < -0.3 is 0 Å². The molecule has 0 spiro atoms. The number of rotatable bonds is 4. The van der Waals surface area contributed by atoms with Crippen molar-refractivity contribution in [2.24, 2.45) is 0 Å². The van der Waals surface area contributed by atoms with Gasteiger partial charge in [-0.05, 0) is 6.42 Å². The summed E-state index contributed by atoms with van der Waals surface area (Å²) in [5.41, 5.74) is 0. The lowest BCUT2D eigenvalue weighted by Crippen LogP contribution is -1.90. The number of Topliss-reactive ketones (excluding diaryl/α,β-unsaturated/α-hetero) is 1. The predicted octanol–water partition coefficient (Wildman–Crippen LogP) is 2.32. The summed E-state index contributed by atoms with van der Waals surface area (Å²) in [7, 11) is 0. The van der Waals surface area contributed by atoms with Crippen molar-refractivity contribution in [2.45, 2.75) is 33.1 Å². The number of allylic oxidation sites excluding steroid dienone is 2. The molecule has 0 aliphatic carbocycles. The fraction of sp³-hybridized carbons (Fsp3) is 0.625. The molecule has 0 bridgehead atoms. The minimum Gasteiger partial charge on any atom is -0.299 e. The normalized spacial score (nSPS) is 10.4. The van der Waals surface area contributed by atoms with Gasteiger partial charge in [-0.3, -0.25) is 4.79 Å². The number of hydrogen-bond donors (Lipinski definition) is 0. The molecule has 0 aliphatic heterocycles. The summed E-state index contributed by atoms with van der Waals surface area (Å²) < 4.78 is 0. The average Bonchev–Trinajstić information content (AvgIpc) is 1.89. The molecule has 0 unspecified atom stereocenters. The van der Waals surface area contributed by atoms with Gasteiger partial charge >= 0.3 is 0 Å². The quantitative estimate of drug-likeness (QED) is 0.528. The Morgan fingerprint density at radius 2 is 2.00 bits per heavy atom. The van der Waals surface area contributed by atoms with Crippen LogP contribution in [-0.4, -0.2) is 5.78 Å². The summed E-state index contributed by atoms with van der Waals surface area (Å²) in [5.74, 6) is 0.319. The van der Waals surface area contributed by atoms with E-state index in [1.54, 1.807) is 0 Å². The van der Waals surface area contributed by atoms with Crippen LogP contribution in [0.1, 0.15) is 33.1 Å². The van der Waals surface area contributed by atoms with Gasteiger partial charge in [0.05, 0.1) is 0 Å². The van der Waals surface area contributed by atoms with E-state index >= 15 is 0 Å². The lowest BCUT2D eigenvalue weighted by molar-refractivity contribution is -0.117. The van der Waals surface area contributed by atoms with Crippen LogP contribution >= 0.6 is 0 Å². The first-order chi connectivity index (χ1) is 4.31. The van der Waals surface area contributed by atoms with E-state index in [1.807, 2.05) is 19.1 Å². The topological polar surface area (TPSA) is 17.1 Å². The van der Waals surface area contributed by atoms with Gasteiger partial charge in [-0.25, -0.2) is 0 Å². The Labute approximate surface area is 56.8 Å². The summed E-state index contributed by atoms with van der Waals surface area (Å²) in [4.78, 5) is 10.6. The van der Waals surface area contributed by atoms with Gasteiger partial charge in [0.25, 0.3) is 0 Å². The maximum absolute atomic E-state index is 10.6. The van der Waals surface area contributed by atoms with Gasteiger partial charge in [-0.1, -0.05) is 26.0 Å². The minimum atomic E-state index is 0.319. The molecule has 0 saturated heterocycles. The molecule has 0 saturated carbocycles. The highest BCUT2D eigenvalue weighted by atomic mass is 16.1. The third-order valence-corrected chi connectivity index (χ3v) is 1.14. The molecule has 0 amide bonds. The molecule has 0 aromatic rings. The summed E-state index contributed by atoms with van der Waals surface area (Å²) in [6.07, 6.45) is 6.26. The van der Waals surface area contributed by atoms with E-state index in [0.29, 0.717) is 18.6 Å². The van der Waals surface area contributed by atoms with E-state index in [4.69, 9.17) is 0 Å². The van der Waals surface area contributed by atoms with Crippen molar-refractivity contribution >= 4 is 5.78 Å². The number of hydrogen-bond acceptors (Lipinski definition) is 1. The third-order valence-electron chi connectivity index (χ3n) is 1.14. The lowest BCUT2D eigenvalue weighted by atomic mass is 10.2. The highest BCUT2D eigenvalue weighted by Gasteiger charge is 1.90. The maximum Gasteiger partial charge on any atom is 0.136 e. The van der Waals surface area contributed by atoms with Crippen LogP contribution in [-0.2, 0) is 4.79 Å². The molecule has 0 rings (SSSR count). The third kappa shape index (κ3) is 5.28. The average molecular weight is 126 g/mol. The van der Waals surface area contributed by atoms with Crippen molar-refractivity contribution in [1.29, 1.82) is 0 Å². The van der Waals surface area contributed by atoms with E-state index in [2.05, 4.69) is 6.92 Å². The van der Waals surface area contributed by atoms with Gasteiger partial charge in [-0.15, -0.1) is 0 Å². The molecule has 0 aliphatic rings. The second-order valence-corrected chi connectivity index (χ2v) is 1.98.